The number of hydrogen-bond donors (Lipinski definition) is 2. The lowest BCUT2D eigenvalue weighted by molar-refractivity contribution is 0.0951. The summed E-state index contributed by atoms with van der Waals surface area (Å²) >= 11 is 0. The zero-order valence-corrected chi connectivity index (χ0v) is 10.5. The average molecular weight is 259 g/mol. The van der Waals surface area contributed by atoms with Crippen LogP contribution in [0.25, 0.3) is 0 Å². The van der Waals surface area contributed by atoms with Crippen molar-refractivity contribution in [2.24, 2.45) is 0 Å². The van der Waals surface area contributed by atoms with Gasteiger partial charge in [0.1, 0.15) is 5.82 Å². The van der Waals surface area contributed by atoms with E-state index >= 15 is 0 Å². The number of amides is 1. The standard InChI is InChI=1S/C14H14FN3O/c1-9-7-17-5-4-10(9)8-18-14(19)12-3-2-11(15)6-13(12)16/h2-7H,8,16H2,1H3,(H,18,19). The summed E-state index contributed by atoms with van der Waals surface area (Å²) in [6.07, 6.45) is 3.40. The molecule has 0 aliphatic heterocycles. The molecule has 0 unspecified atom stereocenters. The lowest BCUT2D eigenvalue weighted by atomic mass is 10.1. The third kappa shape index (κ3) is 3.07. The van der Waals surface area contributed by atoms with Crippen molar-refractivity contribution in [1.82, 2.24) is 10.3 Å². The zero-order valence-electron chi connectivity index (χ0n) is 10.5. The van der Waals surface area contributed by atoms with Crippen LogP contribution in [0.4, 0.5) is 10.1 Å². The molecule has 19 heavy (non-hydrogen) atoms. The summed E-state index contributed by atoms with van der Waals surface area (Å²) in [6, 6.07) is 5.55. The average Bonchev–Trinajstić information content (AvgIpc) is 2.37. The fraction of sp³-hybridized carbons (Fsp3) is 0.143. The first-order valence-corrected chi connectivity index (χ1v) is 5.80. The van der Waals surface area contributed by atoms with Gasteiger partial charge in [0, 0.05) is 24.6 Å². The molecule has 4 nitrogen and oxygen atoms in total. The van der Waals surface area contributed by atoms with Gasteiger partial charge in [-0.3, -0.25) is 9.78 Å². The van der Waals surface area contributed by atoms with Gasteiger partial charge in [-0.05, 0) is 42.3 Å². The summed E-state index contributed by atoms with van der Waals surface area (Å²) in [5, 5.41) is 2.75. The van der Waals surface area contributed by atoms with Crippen LogP contribution in [-0.2, 0) is 6.54 Å². The summed E-state index contributed by atoms with van der Waals surface area (Å²) in [6.45, 7) is 2.30. The second kappa shape index (κ2) is 5.48. The molecule has 1 amide bonds. The number of pyridine rings is 1. The van der Waals surface area contributed by atoms with Crippen LogP contribution in [0.2, 0.25) is 0 Å². The molecule has 0 fully saturated rings. The molecule has 0 radical (unpaired) electrons. The largest absolute Gasteiger partial charge is 0.398 e. The molecule has 98 valence electrons. The van der Waals surface area contributed by atoms with Crippen LogP contribution in [0.1, 0.15) is 21.5 Å². The van der Waals surface area contributed by atoms with Crippen molar-refractivity contribution in [1.29, 1.82) is 0 Å². The molecule has 0 aliphatic rings. The van der Waals surface area contributed by atoms with Gasteiger partial charge in [-0.2, -0.15) is 0 Å². The van der Waals surface area contributed by atoms with E-state index in [-0.39, 0.29) is 17.2 Å². The number of nitrogens with two attached hydrogens (primary N) is 1. The maximum absolute atomic E-state index is 12.9. The minimum Gasteiger partial charge on any atom is -0.398 e. The second-order valence-corrected chi connectivity index (χ2v) is 4.22. The van der Waals surface area contributed by atoms with Gasteiger partial charge in [0.2, 0.25) is 0 Å². The highest BCUT2D eigenvalue weighted by Gasteiger charge is 2.10. The summed E-state index contributed by atoms with van der Waals surface area (Å²) < 4.78 is 12.9. The number of nitrogen functional groups attached to an aromatic ring is 1. The minimum atomic E-state index is -0.459. The molecule has 0 bridgehead atoms. The van der Waals surface area contributed by atoms with E-state index in [1.54, 1.807) is 12.4 Å². The number of nitrogens with zero attached hydrogens (tertiary/aromatic N) is 1. The molecular weight excluding hydrogens is 245 g/mol. The van der Waals surface area contributed by atoms with Crippen LogP contribution in [0.15, 0.2) is 36.7 Å². The number of aromatic nitrogens is 1. The Morgan fingerprint density at radius 2 is 2.21 bits per heavy atom. The summed E-state index contributed by atoms with van der Waals surface area (Å²) in [5.41, 5.74) is 7.98. The lowest BCUT2D eigenvalue weighted by Crippen LogP contribution is -2.24. The topological polar surface area (TPSA) is 68.0 Å². The highest BCUT2D eigenvalue weighted by molar-refractivity contribution is 5.99. The maximum atomic E-state index is 12.9. The second-order valence-electron chi connectivity index (χ2n) is 4.22. The van der Waals surface area contributed by atoms with Crippen LogP contribution < -0.4 is 11.1 Å². The maximum Gasteiger partial charge on any atom is 0.253 e. The number of aryl methyl sites for hydroxylation is 1. The van der Waals surface area contributed by atoms with Crippen molar-refractivity contribution in [2.75, 3.05) is 5.73 Å². The predicted octanol–water partition coefficient (Wildman–Crippen LogP) is 2.04. The van der Waals surface area contributed by atoms with E-state index in [0.717, 1.165) is 17.2 Å². The summed E-state index contributed by atoms with van der Waals surface area (Å²) in [5.74, 6) is -0.784. The van der Waals surface area contributed by atoms with Gasteiger partial charge >= 0.3 is 0 Å². The smallest absolute Gasteiger partial charge is 0.253 e. The molecule has 5 heteroatoms. The highest BCUT2D eigenvalue weighted by Crippen LogP contribution is 2.13. The van der Waals surface area contributed by atoms with E-state index in [1.807, 2.05) is 13.0 Å². The Balaban J connectivity index is 2.08. The Labute approximate surface area is 110 Å². The van der Waals surface area contributed by atoms with Gasteiger partial charge in [0.25, 0.3) is 5.91 Å². The lowest BCUT2D eigenvalue weighted by Gasteiger charge is -2.09. The van der Waals surface area contributed by atoms with Gasteiger partial charge in [0.15, 0.2) is 0 Å². The first-order chi connectivity index (χ1) is 9.08. The Hall–Kier alpha value is -2.43. The Morgan fingerprint density at radius 1 is 1.42 bits per heavy atom. The zero-order chi connectivity index (χ0) is 13.8. The Kier molecular flexibility index (Phi) is 3.75. The van der Waals surface area contributed by atoms with Crippen LogP contribution in [0, 0.1) is 12.7 Å². The van der Waals surface area contributed by atoms with Crippen molar-refractivity contribution < 1.29 is 9.18 Å². The number of hydrogen-bond acceptors (Lipinski definition) is 3. The number of anilines is 1. The molecule has 1 aromatic carbocycles. The van der Waals surface area contributed by atoms with Crippen LogP contribution in [0.5, 0.6) is 0 Å². The van der Waals surface area contributed by atoms with E-state index in [1.165, 1.54) is 12.1 Å². The monoisotopic (exact) mass is 259 g/mol. The van der Waals surface area contributed by atoms with Crippen LogP contribution >= 0.6 is 0 Å². The summed E-state index contributed by atoms with van der Waals surface area (Å²) in [7, 11) is 0. The molecule has 0 saturated carbocycles. The highest BCUT2D eigenvalue weighted by atomic mass is 19.1. The number of halogens is 1. The van der Waals surface area contributed by atoms with E-state index < -0.39 is 5.82 Å². The Bertz CT molecular complexity index is 613. The third-order valence-corrected chi connectivity index (χ3v) is 2.83. The SMILES string of the molecule is Cc1cnccc1CNC(=O)c1ccc(F)cc1N. The molecule has 1 aromatic heterocycles. The number of rotatable bonds is 3. The minimum absolute atomic E-state index is 0.129. The first kappa shape index (κ1) is 13.0. The van der Waals surface area contributed by atoms with Crippen molar-refractivity contribution in [2.45, 2.75) is 13.5 Å². The van der Waals surface area contributed by atoms with Crippen molar-refractivity contribution in [3.8, 4) is 0 Å². The molecule has 0 spiro atoms. The molecule has 2 rings (SSSR count). The van der Waals surface area contributed by atoms with Crippen molar-refractivity contribution in [3.63, 3.8) is 0 Å². The third-order valence-electron chi connectivity index (χ3n) is 2.83. The summed E-state index contributed by atoms with van der Waals surface area (Å²) in [4.78, 5) is 15.9. The van der Waals surface area contributed by atoms with E-state index in [9.17, 15) is 9.18 Å². The van der Waals surface area contributed by atoms with Gasteiger partial charge in [-0.25, -0.2) is 4.39 Å². The number of benzene rings is 1. The first-order valence-electron chi connectivity index (χ1n) is 5.80. The van der Waals surface area contributed by atoms with Gasteiger partial charge in [0.05, 0.1) is 5.56 Å². The number of carbonyl (C=O) groups is 1. The fourth-order valence-electron chi connectivity index (χ4n) is 1.71. The van der Waals surface area contributed by atoms with Gasteiger partial charge in [-0.1, -0.05) is 0 Å². The van der Waals surface area contributed by atoms with Crippen LogP contribution in [-0.4, -0.2) is 10.9 Å². The number of carbonyl (C=O) groups excluding carboxylic acids is 1. The van der Waals surface area contributed by atoms with Crippen molar-refractivity contribution in [3.05, 3.63) is 59.2 Å². The van der Waals surface area contributed by atoms with E-state index in [0.29, 0.717) is 6.54 Å². The molecule has 3 N–H and O–H groups in total. The van der Waals surface area contributed by atoms with Gasteiger partial charge in [-0.15, -0.1) is 0 Å². The normalized spacial score (nSPS) is 10.2. The molecule has 2 aromatic rings. The van der Waals surface area contributed by atoms with Gasteiger partial charge < -0.3 is 11.1 Å². The van der Waals surface area contributed by atoms with E-state index in [2.05, 4.69) is 10.3 Å². The Morgan fingerprint density at radius 3 is 2.89 bits per heavy atom. The van der Waals surface area contributed by atoms with Crippen LogP contribution in [0.3, 0.4) is 0 Å². The molecule has 0 aliphatic carbocycles. The van der Waals surface area contributed by atoms with Crippen molar-refractivity contribution >= 4 is 11.6 Å². The molecule has 0 saturated heterocycles. The quantitative estimate of drug-likeness (QED) is 0.829. The molecule has 1 heterocycles. The molecule has 0 atom stereocenters. The number of nitrogens with one attached hydrogen (secondary N) is 1. The molecular formula is C14H14FN3O. The fourth-order valence-corrected chi connectivity index (χ4v) is 1.71. The van der Waals surface area contributed by atoms with E-state index in [4.69, 9.17) is 5.73 Å². The predicted molar refractivity (Wildman–Crippen MR) is 71.0 cm³/mol.